The molecule has 3 heteroatoms. The van der Waals surface area contributed by atoms with Gasteiger partial charge in [0.1, 0.15) is 0 Å². The molecule has 0 radical (unpaired) electrons. The predicted molar refractivity (Wildman–Crippen MR) is 96.3 cm³/mol. The van der Waals surface area contributed by atoms with E-state index in [0.29, 0.717) is 11.0 Å². The molecular weight excluding hydrogens is 276 g/mol. The third kappa shape index (κ3) is 4.30. The average Bonchev–Trinajstić information content (AvgIpc) is 2.37. The number of aryl methyl sites for hydroxylation is 2. The Morgan fingerprint density at radius 2 is 1.57 bits per heavy atom. The highest BCUT2D eigenvalue weighted by atomic mass is 32.1. The molecule has 0 spiro atoms. The summed E-state index contributed by atoms with van der Waals surface area (Å²) in [6.07, 6.45) is 0. The van der Waals surface area contributed by atoms with E-state index in [2.05, 4.69) is 74.7 Å². The summed E-state index contributed by atoms with van der Waals surface area (Å²) in [7, 11) is 0. The largest absolute Gasteiger partial charge is 0.332 e. The van der Waals surface area contributed by atoms with Gasteiger partial charge in [0.05, 0.1) is 0 Å². The summed E-state index contributed by atoms with van der Waals surface area (Å²) in [4.78, 5) is 0. The molecule has 0 atom stereocenters. The van der Waals surface area contributed by atoms with Gasteiger partial charge in [0.15, 0.2) is 5.11 Å². The maximum Gasteiger partial charge on any atom is 0.175 e. The van der Waals surface area contributed by atoms with Crippen LogP contribution in [0.2, 0.25) is 0 Å². The molecule has 0 aliphatic carbocycles. The standard InChI is InChI=1S/C18H22N2S/c1-12(2)16-7-5-6-8-17(16)20-18(21)19-15-10-13(3)9-14(4)11-15/h5-12H,1-4H3,(H2,19,20,21). The van der Waals surface area contributed by atoms with Crippen LogP contribution >= 0.6 is 12.2 Å². The second-order valence-corrected chi connectivity index (χ2v) is 6.11. The molecule has 110 valence electrons. The minimum atomic E-state index is 0.456. The first kappa shape index (κ1) is 15.5. The molecule has 0 saturated heterocycles. The molecule has 2 nitrogen and oxygen atoms in total. The number of rotatable bonds is 3. The van der Waals surface area contributed by atoms with Gasteiger partial charge in [-0.05, 0) is 66.9 Å². The van der Waals surface area contributed by atoms with Gasteiger partial charge in [-0.1, -0.05) is 38.1 Å². The normalized spacial score (nSPS) is 10.5. The fourth-order valence-corrected chi connectivity index (χ4v) is 2.67. The Morgan fingerprint density at radius 3 is 2.19 bits per heavy atom. The second-order valence-electron chi connectivity index (χ2n) is 5.70. The zero-order valence-electron chi connectivity index (χ0n) is 13.0. The maximum absolute atomic E-state index is 5.43. The SMILES string of the molecule is Cc1cc(C)cc(NC(=S)Nc2ccccc2C(C)C)c1. The van der Waals surface area contributed by atoms with Crippen molar-refractivity contribution in [2.24, 2.45) is 0 Å². The number of thiocarbonyl (C=S) groups is 1. The summed E-state index contributed by atoms with van der Waals surface area (Å²) in [5.41, 5.74) is 5.80. The van der Waals surface area contributed by atoms with Gasteiger partial charge in [0.2, 0.25) is 0 Å². The predicted octanol–water partition coefficient (Wildman–Crippen LogP) is 5.24. The van der Waals surface area contributed by atoms with Crippen LogP contribution < -0.4 is 10.6 Å². The third-order valence-electron chi connectivity index (χ3n) is 3.31. The van der Waals surface area contributed by atoms with Crippen LogP contribution in [0.15, 0.2) is 42.5 Å². The summed E-state index contributed by atoms with van der Waals surface area (Å²) >= 11 is 5.43. The van der Waals surface area contributed by atoms with E-state index in [9.17, 15) is 0 Å². The van der Waals surface area contributed by atoms with Gasteiger partial charge >= 0.3 is 0 Å². The van der Waals surface area contributed by atoms with Gasteiger partial charge in [0.25, 0.3) is 0 Å². The van der Waals surface area contributed by atoms with E-state index in [1.54, 1.807) is 0 Å². The molecule has 2 aromatic rings. The van der Waals surface area contributed by atoms with Crippen LogP contribution in [-0.4, -0.2) is 5.11 Å². The smallest absolute Gasteiger partial charge is 0.175 e. The van der Waals surface area contributed by atoms with Crippen LogP contribution in [0, 0.1) is 13.8 Å². The number of nitrogens with one attached hydrogen (secondary N) is 2. The molecule has 0 saturated carbocycles. The summed E-state index contributed by atoms with van der Waals surface area (Å²) in [5, 5.41) is 7.18. The lowest BCUT2D eigenvalue weighted by atomic mass is 10.0. The Morgan fingerprint density at radius 1 is 0.952 bits per heavy atom. The summed E-state index contributed by atoms with van der Waals surface area (Å²) in [5.74, 6) is 0.456. The van der Waals surface area contributed by atoms with Crippen LogP contribution in [0.1, 0.15) is 36.5 Å². The zero-order chi connectivity index (χ0) is 15.4. The van der Waals surface area contributed by atoms with E-state index in [1.807, 2.05) is 6.07 Å². The Hall–Kier alpha value is -1.87. The molecule has 0 amide bonds. The lowest BCUT2D eigenvalue weighted by molar-refractivity contribution is 0.869. The van der Waals surface area contributed by atoms with E-state index in [0.717, 1.165) is 11.4 Å². The second kappa shape index (κ2) is 6.72. The van der Waals surface area contributed by atoms with Crippen molar-refractivity contribution in [3.8, 4) is 0 Å². The topological polar surface area (TPSA) is 24.1 Å². The number of anilines is 2. The van der Waals surface area contributed by atoms with Crippen molar-refractivity contribution in [2.45, 2.75) is 33.6 Å². The van der Waals surface area contributed by atoms with Gasteiger partial charge in [-0.2, -0.15) is 0 Å². The van der Waals surface area contributed by atoms with Crippen molar-refractivity contribution in [3.63, 3.8) is 0 Å². The highest BCUT2D eigenvalue weighted by molar-refractivity contribution is 7.80. The Labute approximate surface area is 132 Å². The molecule has 0 bridgehead atoms. The van der Waals surface area contributed by atoms with Crippen LogP contribution in [0.4, 0.5) is 11.4 Å². The van der Waals surface area contributed by atoms with Gasteiger partial charge in [0, 0.05) is 11.4 Å². The fourth-order valence-electron chi connectivity index (χ4n) is 2.45. The quantitative estimate of drug-likeness (QED) is 0.758. The summed E-state index contributed by atoms with van der Waals surface area (Å²) in [6, 6.07) is 14.6. The molecule has 2 aromatic carbocycles. The van der Waals surface area contributed by atoms with Crippen molar-refractivity contribution >= 4 is 28.7 Å². The van der Waals surface area contributed by atoms with Crippen molar-refractivity contribution in [1.29, 1.82) is 0 Å². The molecule has 2 N–H and O–H groups in total. The van der Waals surface area contributed by atoms with Crippen LogP contribution in [0.3, 0.4) is 0 Å². The average molecular weight is 298 g/mol. The summed E-state index contributed by atoms with van der Waals surface area (Å²) < 4.78 is 0. The van der Waals surface area contributed by atoms with E-state index in [-0.39, 0.29) is 0 Å². The van der Waals surface area contributed by atoms with Crippen molar-refractivity contribution in [1.82, 2.24) is 0 Å². The van der Waals surface area contributed by atoms with Gasteiger partial charge in [-0.3, -0.25) is 0 Å². The Kier molecular flexibility index (Phi) is 4.97. The number of benzene rings is 2. The molecule has 0 aliphatic heterocycles. The molecule has 0 aromatic heterocycles. The van der Waals surface area contributed by atoms with Gasteiger partial charge in [-0.15, -0.1) is 0 Å². The Bertz CT molecular complexity index is 627. The lowest BCUT2D eigenvalue weighted by Gasteiger charge is -2.16. The minimum Gasteiger partial charge on any atom is -0.332 e. The molecule has 0 unspecified atom stereocenters. The van der Waals surface area contributed by atoms with E-state index in [4.69, 9.17) is 12.2 Å². The molecule has 0 aliphatic rings. The minimum absolute atomic E-state index is 0.456. The van der Waals surface area contributed by atoms with Crippen LogP contribution in [-0.2, 0) is 0 Å². The van der Waals surface area contributed by atoms with E-state index < -0.39 is 0 Å². The van der Waals surface area contributed by atoms with Crippen LogP contribution in [0.5, 0.6) is 0 Å². The van der Waals surface area contributed by atoms with Crippen LogP contribution in [0.25, 0.3) is 0 Å². The third-order valence-corrected chi connectivity index (χ3v) is 3.51. The fraction of sp³-hybridized carbons (Fsp3) is 0.278. The first-order valence-electron chi connectivity index (χ1n) is 7.21. The monoisotopic (exact) mass is 298 g/mol. The highest BCUT2D eigenvalue weighted by Crippen LogP contribution is 2.24. The van der Waals surface area contributed by atoms with Gasteiger partial charge < -0.3 is 10.6 Å². The first-order chi connectivity index (χ1) is 9.95. The highest BCUT2D eigenvalue weighted by Gasteiger charge is 2.07. The van der Waals surface area contributed by atoms with Crippen molar-refractivity contribution in [3.05, 3.63) is 59.2 Å². The molecular formula is C18H22N2S. The van der Waals surface area contributed by atoms with Crippen molar-refractivity contribution in [2.75, 3.05) is 10.6 Å². The van der Waals surface area contributed by atoms with Gasteiger partial charge in [-0.25, -0.2) is 0 Å². The molecule has 21 heavy (non-hydrogen) atoms. The number of para-hydroxylation sites is 1. The number of hydrogen-bond acceptors (Lipinski definition) is 1. The maximum atomic E-state index is 5.43. The zero-order valence-corrected chi connectivity index (χ0v) is 13.8. The molecule has 0 fully saturated rings. The van der Waals surface area contributed by atoms with Crippen molar-refractivity contribution < 1.29 is 0 Å². The Balaban J connectivity index is 2.12. The first-order valence-corrected chi connectivity index (χ1v) is 7.62. The molecule has 0 heterocycles. The number of hydrogen-bond donors (Lipinski definition) is 2. The lowest BCUT2D eigenvalue weighted by Crippen LogP contribution is -2.20. The molecule has 2 rings (SSSR count). The van der Waals surface area contributed by atoms with E-state index >= 15 is 0 Å². The summed E-state index contributed by atoms with van der Waals surface area (Å²) in [6.45, 7) is 8.53. The van der Waals surface area contributed by atoms with E-state index in [1.165, 1.54) is 16.7 Å².